The molecular formula is C20H16F2N2O2. The largest absolute Gasteiger partial charge is 0.489 e. The van der Waals surface area contributed by atoms with Gasteiger partial charge in [0.1, 0.15) is 24.0 Å². The number of nitrogens with one attached hydrogen (secondary N) is 1. The normalized spacial score (nSPS) is 10.4. The molecular weight excluding hydrogens is 338 g/mol. The first kappa shape index (κ1) is 17.5. The number of benzene rings is 2. The highest BCUT2D eigenvalue weighted by Crippen LogP contribution is 2.19. The van der Waals surface area contributed by atoms with Crippen molar-refractivity contribution in [2.45, 2.75) is 13.0 Å². The molecule has 0 radical (unpaired) electrons. The maximum Gasteiger partial charge on any atom is 0.228 e. The molecule has 0 aliphatic heterocycles. The van der Waals surface area contributed by atoms with E-state index in [1.807, 2.05) is 12.1 Å². The summed E-state index contributed by atoms with van der Waals surface area (Å²) in [6.07, 6.45) is 3.13. The number of amides is 1. The Balaban J connectivity index is 1.61. The van der Waals surface area contributed by atoms with Crippen LogP contribution in [0.1, 0.15) is 11.1 Å². The summed E-state index contributed by atoms with van der Waals surface area (Å²) in [7, 11) is 0. The Hall–Kier alpha value is -3.28. The first-order valence-electron chi connectivity index (χ1n) is 7.96. The van der Waals surface area contributed by atoms with Crippen LogP contribution in [0.15, 0.2) is 67.0 Å². The van der Waals surface area contributed by atoms with Crippen LogP contribution in [0.5, 0.6) is 5.75 Å². The Kier molecular flexibility index (Phi) is 5.53. The number of aromatic nitrogens is 1. The second-order valence-corrected chi connectivity index (χ2v) is 5.64. The van der Waals surface area contributed by atoms with E-state index in [4.69, 9.17) is 4.74 Å². The standard InChI is InChI=1S/C20H16F2N2O2/c21-16-6-7-19(22)15(9-16)10-20(25)24-17-4-1-5-18(11-17)26-13-14-3-2-8-23-12-14/h1-9,11-12H,10,13H2,(H,24,25). The van der Waals surface area contributed by atoms with Crippen molar-refractivity contribution in [3.8, 4) is 5.75 Å². The number of anilines is 1. The van der Waals surface area contributed by atoms with Gasteiger partial charge in [0.25, 0.3) is 0 Å². The maximum atomic E-state index is 13.6. The summed E-state index contributed by atoms with van der Waals surface area (Å²) in [5.41, 5.74) is 1.44. The van der Waals surface area contributed by atoms with Crippen molar-refractivity contribution < 1.29 is 18.3 Å². The second kappa shape index (κ2) is 8.20. The fourth-order valence-electron chi connectivity index (χ4n) is 2.37. The fourth-order valence-corrected chi connectivity index (χ4v) is 2.37. The monoisotopic (exact) mass is 354 g/mol. The van der Waals surface area contributed by atoms with Gasteiger partial charge >= 0.3 is 0 Å². The molecule has 0 saturated carbocycles. The first-order valence-corrected chi connectivity index (χ1v) is 7.96. The Morgan fingerprint density at radius 1 is 1.08 bits per heavy atom. The number of carbonyl (C=O) groups is 1. The molecule has 0 aliphatic carbocycles. The van der Waals surface area contributed by atoms with E-state index in [1.54, 1.807) is 36.7 Å². The summed E-state index contributed by atoms with van der Waals surface area (Å²) in [5, 5.41) is 2.66. The van der Waals surface area contributed by atoms with Crippen LogP contribution < -0.4 is 10.1 Å². The molecule has 132 valence electrons. The van der Waals surface area contributed by atoms with E-state index in [1.165, 1.54) is 0 Å². The lowest BCUT2D eigenvalue weighted by Crippen LogP contribution is -2.15. The van der Waals surface area contributed by atoms with E-state index in [0.29, 0.717) is 18.0 Å². The molecule has 3 aromatic rings. The van der Waals surface area contributed by atoms with Gasteiger partial charge in [-0.1, -0.05) is 12.1 Å². The van der Waals surface area contributed by atoms with Gasteiger partial charge in [-0.3, -0.25) is 9.78 Å². The molecule has 2 aromatic carbocycles. The third kappa shape index (κ3) is 4.86. The van der Waals surface area contributed by atoms with Gasteiger partial charge in [0.15, 0.2) is 0 Å². The summed E-state index contributed by atoms with van der Waals surface area (Å²) in [5.74, 6) is -1.07. The highest BCUT2D eigenvalue weighted by Gasteiger charge is 2.10. The zero-order valence-corrected chi connectivity index (χ0v) is 13.8. The fraction of sp³-hybridized carbons (Fsp3) is 0.100. The lowest BCUT2D eigenvalue weighted by molar-refractivity contribution is -0.115. The van der Waals surface area contributed by atoms with Crippen LogP contribution >= 0.6 is 0 Å². The summed E-state index contributed by atoms with van der Waals surface area (Å²) < 4.78 is 32.5. The molecule has 26 heavy (non-hydrogen) atoms. The zero-order valence-electron chi connectivity index (χ0n) is 13.8. The van der Waals surface area contributed by atoms with Gasteiger partial charge in [0, 0.05) is 35.3 Å². The van der Waals surface area contributed by atoms with Gasteiger partial charge in [0.2, 0.25) is 5.91 Å². The summed E-state index contributed by atoms with van der Waals surface area (Å²) in [4.78, 5) is 16.1. The minimum atomic E-state index is -0.616. The molecule has 0 bridgehead atoms. The van der Waals surface area contributed by atoms with Gasteiger partial charge in [-0.25, -0.2) is 8.78 Å². The molecule has 3 rings (SSSR count). The summed E-state index contributed by atoms with van der Waals surface area (Å²) in [6, 6.07) is 13.6. The third-order valence-corrected chi connectivity index (χ3v) is 3.60. The van der Waals surface area contributed by atoms with E-state index < -0.39 is 17.5 Å². The SMILES string of the molecule is O=C(Cc1cc(F)ccc1F)Nc1cccc(OCc2cccnc2)c1. The van der Waals surface area contributed by atoms with E-state index >= 15 is 0 Å². The van der Waals surface area contributed by atoms with Crippen molar-refractivity contribution >= 4 is 11.6 Å². The smallest absolute Gasteiger partial charge is 0.228 e. The van der Waals surface area contributed by atoms with Crippen molar-refractivity contribution in [1.29, 1.82) is 0 Å². The molecule has 4 nitrogen and oxygen atoms in total. The highest BCUT2D eigenvalue weighted by molar-refractivity contribution is 5.92. The van der Waals surface area contributed by atoms with Crippen molar-refractivity contribution in [3.63, 3.8) is 0 Å². The lowest BCUT2D eigenvalue weighted by atomic mass is 10.1. The topological polar surface area (TPSA) is 51.2 Å². The Morgan fingerprint density at radius 3 is 2.77 bits per heavy atom. The van der Waals surface area contributed by atoms with Crippen LogP contribution in [0.2, 0.25) is 0 Å². The molecule has 0 saturated heterocycles. The number of ether oxygens (including phenoxy) is 1. The van der Waals surface area contributed by atoms with Crippen LogP contribution in [0.4, 0.5) is 14.5 Å². The summed E-state index contributed by atoms with van der Waals surface area (Å²) in [6.45, 7) is 0.347. The molecule has 6 heteroatoms. The molecule has 0 fully saturated rings. The highest BCUT2D eigenvalue weighted by atomic mass is 19.1. The van der Waals surface area contributed by atoms with Gasteiger partial charge in [-0.15, -0.1) is 0 Å². The number of halogens is 2. The molecule has 1 aromatic heterocycles. The average molecular weight is 354 g/mol. The molecule has 1 amide bonds. The number of pyridine rings is 1. The lowest BCUT2D eigenvalue weighted by Gasteiger charge is -2.10. The van der Waals surface area contributed by atoms with E-state index in [-0.39, 0.29) is 12.0 Å². The van der Waals surface area contributed by atoms with Crippen LogP contribution in [0, 0.1) is 11.6 Å². The predicted octanol–water partition coefficient (Wildman–Crippen LogP) is 4.12. The van der Waals surface area contributed by atoms with Crippen molar-refractivity contribution in [2.24, 2.45) is 0 Å². The van der Waals surface area contributed by atoms with E-state index in [0.717, 1.165) is 23.8 Å². The number of nitrogens with zero attached hydrogens (tertiary/aromatic N) is 1. The minimum Gasteiger partial charge on any atom is -0.489 e. The van der Waals surface area contributed by atoms with Gasteiger partial charge < -0.3 is 10.1 Å². The maximum absolute atomic E-state index is 13.6. The minimum absolute atomic E-state index is 0.00600. The van der Waals surface area contributed by atoms with Gasteiger partial charge in [-0.05, 0) is 36.4 Å². The average Bonchev–Trinajstić information content (AvgIpc) is 2.64. The number of hydrogen-bond donors (Lipinski definition) is 1. The third-order valence-electron chi connectivity index (χ3n) is 3.60. The number of rotatable bonds is 6. The molecule has 0 aliphatic rings. The molecule has 0 unspecified atom stereocenters. The van der Waals surface area contributed by atoms with Gasteiger partial charge in [-0.2, -0.15) is 0 Å². The Bertz CT molecular complexity index is 901. The van der Waals surface area contributed by atoms with Crippen LogP contribution in [-0.4, -0.2) is 10.9 Å². The van der Waals surface area contributed by atoms with Crippen molar-refractivity contribution in [2.75, 3.05) is 5.32 Å². The Morgan fingerprint density at radius 2 is 1.96 bits per heavy atom. The molecule has 0 atom stereocenters. The van der Waals surface area contributed by atoms with Gasteiger partial charge in [0.05, 0.1) is 6.42 Å². The summed E-state index contributed by atoms with van der Waals surface area (Å²) >= 11 is 0. The van der Waals surface area contributed by atoms with E-state index in [9.17, 15) is 13.6 Å². The number of carbonyl (C=O) groups excluding carboxylic acids is 1. The molecule has 1 heterocycles. The van der Waals surface area contributed by atoms with Crippen LogP contribution in [-0.2, 0) is 17.8 Å². The van der Waals surface area contributed by atoms with Crippen molar-refractivity contribution in [3.05, 3.63) is 89.8 Å². The first-order chi connectivity index (χ1) is 12.6. The van der Waals surface area contributed by atoms with Crippen LogP contribution in [0.25, 0.3) is 0 Å². The zero-order chi connectivity index (χ0) is 18.4. The van der Waals surface area contributed by atoms with Crippen molar-refractivity contribution in [1.82, 2.24) is 4.98 Å². The molecule has 1 N–H and O–H groups in total. The van der Waals surface area contributed by atoms with E-state index in [2.05, 4.69) is 10.3 Å². The predicted molar refractivity (Wildman–Crippen MR) is 93.7 cm³/mol. The quantitative estimate of drug-likeness (QED) is 0.724. The molecule has 0 spiro atoms. The second-order valence-electron chi connectivity index (χ2n) is 5.64. The Labute approximate surface area is 149 Å². The van der Waals surface area contributed by atoms with Crippen LogP contribution in [0.3, 0.4) is 0 Å². The number of hydrogen-bond acceptors (Lipinski definition) is 3.